The first kappa shape index (κ1) is 39.1. The first-order chi connectivity index (χ1) is 25.8. The number of benzene rings is 1. The Bertz CT molecular complexity index is 1700. The van der Waals surface area contributed by atoms with E-state index in [0.717, 1.165) is 24.1 Å². The summed E-state index contributed by atoms with van der Waals surface area (Å²) in [5.74, 6) is 0.432. The van der Waals surface area contributed by atoms with Crippen LogP contribution in [0.15, 0.2) is 29.0 Å². The van der Waals surface area contributed by atoms with Crippen LogP contribution in [-0.4, -0.2) is 122 Å². The third-order valence-corrected chi connectivity index (χ3v) is 11.8. The van der Waals surface area contributed by atoms with Crippen molar-refractivity contribution in [2.75, 3.05) is 53.5 Å². The molecule has 0 aromatic heterocycles. The van der Waals surface area contributed by atoms with Crippen LogP contribution >= 0.6 is 0 Å². The van der Waals surface area contributed by atoms with Crippen LogP contribution in [0, 0.1) is 5.41 Å². The van der Waals surface area contributed by atoms with E-state index >= 15 is 0 Å². The molecule has 7 N–H and O–H groups in total. The average molecular weight is 754 g/mol. The molecule has 2 fully saturated rings. The summed E-state index contributed by atoms with van der Waals surface area (Å²) >= 11 is 0. The second kappa shape index (κ2) is 15.7. The quantitative estimate of drug-likeness (QED) is 0.0618. The van der Waals surface area contributed by atoms with Crippen LogP contribution in [0.1, 0.15) is 76.3 Å². The second-order valence-corrected chi connectivity index (χ2v) is 15.3. The third kappa shape index (κ3) is 6.93. The number of nitrogens with zero attached hydrogens (tertiary/aromatic N) is 3. The van der Waals surface area contributed by atoms with Gasteiger partial charge in [-0.15, -0.1) is 0 Å². The smallest absolute Gasteiger partial charge is 0.415 e. The summed E-state index contributed by atoms with van der Waals surface area (Å²) in [7, 11) is 3.64. The van der Waals surface area contributed by atoms with Crippen LogP contribution in [0.5, 0.6) is 11.5 Å². The van der Waals surface area contributed by atoms with Crippen molar-refractivity contribution in [1.29, 1.82) is 0 Å². The number of ether oxygens (including phenoxy) is 4. The number of carbonyl (C=O) groups is 4. The number of esters is 1. The van der Waals surface area contributed by atoms with Crippen molar-refractivity contribution in [3.8, 4) is 11.5 Å². The average Bonchev–Trinajstić information content (AvgIpc) is 3.54. The van der Waals surface area contributed by atoms with E-state index in [-0.39, 0.29) is 48.8 Å². The number of likely N-dealkylation sites (tertiary alicyclic amines) is 1. The Hall–Kier alpha value is -4.57. The lowest BCUT2D eigenvalue weighted by Gasteiger charge is -2.56. The van der Waals surface area contributed by atoms with Gasteiger partial charge in [-0.25, -0.2) is 4.79 Å². The number of nitrogens with one attached hydrogen (secondary N) is 2. The first-order valence-corrected chi connectivity index (χ1v) is 19.0. The predicted molar refractivity (Wildman–Crippen MR) is 198 cm³/mol. The number of guanidine groups is 1. The molecule has 1 saturated carbocycles. The highest BCUT2D eigenvalue weighted by molar-refractivity contribution is 5.86. The van der Waals surface area contributed by atoms with Crippen LogP contribution in [0.25, 0.3) is 0 Å². The van der Waals surface area contributed by atoms with Gasteiger partial charge in [0.15, 0.2) is 23.6 Å². The van der Waals surface area contributed by atoms with Crippen molar-refractivity contribution in [3.05, 3.63) is 35.1 Å². The molecular formula is C38H55N7O9. The Morgan fingerprint density at radius 2 is 1.96 bits per heavy atom. The third-order valence-electron chi connectivity index (χ3n) is 11.8. The lowest BCUT2D eigenvalue weighted by Crippen LogP contribution is -2.70. The maximum Gasteiger partial charge on any atom is 0.415 e. The number of amides is 3. The van der Waals surface area contributed by atoms with Gasteiger partial charge in [-0.1, -0.05) is 12.5 Å². The van der Waals surface area contributed by atoms with Gasteiger partial charge < -0.3 is 51.1 Å². The topological polar surface area (TPSA) is 220 Å². The molecule has 5 aliphatic rings. The molecule has 3 unspecified atom stereocenters. The zero-order valence-electron chi connectivity index (χ0n) is 31.8. The predicted octanol–water partition coefficient (Wildman–Crippen LogP) is 1.21. The first-order valence-electron chi connectivity index (χ1n) is 19.0. The number of aliphatic imine (C=N–C) groups is 1. The minimum absolute atomic E-state index is 0.0539. The summed E-state index contributed by atoms with van der Waals surface area (Å²) in [6, 6.07) is 3.10. The molecule has 1 saturated heterocycles. The highest BCUT2D eigenvalue weighted by Crippen LogP contribution is 2.75. The minimum Gasteiger partial charge on any atom is -0.493 e. The fraction of sp³-hybridized carbons (Fsp3) is 0.658. The zero-order chi connectivity index (χ0) is 38.8. The lowest BCUT2D eigenvalue weighted by atomic mass is 9.59. The van der Waals surface area contributed by atoms with Gasteiger partial charge in [-0.05, 0) is 70.2 Å². The van der Waals surface area contributed by atoms with Gasteiger partial charge in [-0.3, -0.25) is 24.3 Å². The summed E-state index contributed by atoms with van der Waals surface area (Å²) in [5, 5.41) is 18.2. The number of hydrogen-bond donors (Lipinski definition) is 5. The number of carbonyl (C=O) groups excluding carboxylic acids is 4. The maximum absolute atomic E-state index is 14.1. The molecule has 1 aromatic carbocycles. The normalized spacial score (nSPS) is 27.2. The van der Waals surface area contributed by atoms with Crippen LogP contribution in [0.4, 0.5) is 4.79 Å². The second-order valence-electron chi connectivity index (χ2n) is 15.3. The number of rotatable bonds is 18. The van der Waals surface area contributed by atoms with E-state index in [9.17, 15) is 24.3 Å². The summed E-state index contributed by atoms with van der Waals surface area (Å²) in [6.45, 7) is 5.09. The number of hydrogen-bond acceptors (Lipinski definition) is 11. The maximum atomic E-state index is 14.1. The largest absolute Gasteiger partial charge is 0.493 e. The van der Waals surface area contributed by atoms with Crippen molar-refractivity contribution in [3.63, 3.8) is 0 Å². The van der Waals surface area contributed by atoms with E-state index in [0.29, 0.717) is 81.9 Å². The fourth-order valence-corrected chi connectivity index (χ4v) is 10.0. The Balaban J connectivity index is 1.17. The number of methoxy groups -OCH3 is 1. The van der Waals surface area contributed by atoms with E-state index in [4.69, 9.17) is 30.4 Å². The molecule has 0 radical (unpaired) electrons. The number of likely N-dealkylation sites (N-methyl/N-ethyl adjacent to an activating group) is 1. The Morgan fingerprint density at radius 3 is 2.67 bits per heavy atom. The molecule has 3 amide bonds. The van der Waals surface area contributed by atoms with Crippen molar-refractivity contribution in [2.45, 2.75) is 101 Å². The van der Waals surface area contributed by atoms with Gasteiger partial charge in [0.25, 0.3) is 0 Å². The van der Waals surface area contributed by atoms with Gasteiger partial charge >= 0.3 is 12.1 Å². The highest BCUT2D eigenvalue weighted by atomic mass is 16.6. The molecule has 54 heavy (non-hydrogen) atoms. The van der Waals surface area contributed by atoms with Crippen LogP contribution in [-0.2, 0) is 35.7 Å². The molecule has 1 aromatic rings. The van der Waals surface area contributed by atoms with Gasteiger partial charge in [0.05, 0.1) is 24.7 Å². The highest BCUT2D eigenvalue weighted by Gasteiger charge is 2.82. The van der Waals surface area contributed by atoms with E-state index < -0.39 is 35.2 Å². The summed E-state index contributed by atoms with van der Waals surface area (Å²) < 4.78 is 23.7. The fourth-order valence-electron chi connectivity index (χ4n) is 10.0. The van der Waals surface area contributed by atoms with Gasteiger partial charge in [-0.2, -0.15) is 0 Å². The van der Waals surface area contributed by atoms with E-state index in [2.05, 4.69) is 33.6 Å². The van der Waals surface area contributed by atoms with Crippen molar-refractivity contribution in [2.24, 2.45) is 21.9 Å². The Labute approximate surface area is 315 Å². The molecule has 6 atom stereocenters. The van der Waals surface area contributed by atoms with E-state index in [1.165, 1.54) is 11.8 Å². The lowest BCUT2D eigenvalue weighted by molar-refractivity contribution is -0.143. The van der Waals surface area contributed by atoms with Crippen LogP contribution < -0.4 is 31.6 Å². The molecular weight excluding hydrogens is 698 g/mol. The number of aliphatic hydroxyl groups is 1. The Morgan fingerprint density at radius 1 is 1.17 bits per heavy atom. The van der Waals surface area contributed by atoms with Crippen LogP contribution in [0.2, 0.25) is 0 Å². The molecule has 296 valence electrons. The molecule has 2 aliphatic heterocycles. The molecule has 16 heteroatoms. The van der Waals surface area contributed by atoms with E-state index in [1.54, 1.807) is 20.1 Å². The van der Waals surface area contributed by atoms with Gasteiger partial charge in [0.1, 0.15) is 11.8 Å². The van der Waals surface area contributed by atoms with Crippen molar-refractivity contribution < 1.29 is 43.2 Å². The molecule has 6 rings (SSSR count). The van der Waals surface area contributed by atoms with E-state index in [1.807, 2.05) is 6.07 Å². The van der Waals surface area contributed by atoms with Crippen molar-refractivity contribution in [1.82, 2.24) is 20.4 Å². The number of fused-ring (bicyclic) bond motifs is 1. The minimum atomic E-state index is -1.14. The standard InChI is InChI=1S/C38H55N7O9/c1-5-52-28(47)11-7-6-8-18-45(19-17-41-32(48)25(43-23(2)46)10-9-16-42-34(39)40)35(49)53-27-14-15-38(50)33-36(22-44(33)3)20-24-12-13-26(51-4)30-29(24)37(38,21-36)31(27)54-30/h12-14,25,31,33,50H,5-11,15-22H2,1-4H3,(H,41,48)(H,43,46)(H4,39,40,42)/t25-,31?,33+,36?,37-,38?/m0/s1. The van der Waals surface area contributed by atoms with Gasteiger partial charge in [0.2, 0.25) is 11.8 Å². The van der Waals surface area contributed by atoms with Crippen LogP contribution in [0.3, 0.4) is 0 Å². The zero-order valence-corrected chi connectivity index (χ0v) is 31.8. The molecule has 2 bridgehead atoms. The summed E-state index contributed by atoms with van der Waals surface area (Å²) in [4.78, 5) is 58.7. The monoisotopic (exact) mass is 753 g/mol. The number of unbranched alkanes of at least 4 members (excludes halogenated alkanes) is 2. The molecule has 16 nitrogen and oxygen atoms in total. The SMILES string of the molecule is CCOC(=O)CCCCCN(CCNC(=O)[C@H](CCCN=C(N)N)NC(C)=O)C(=O)OC1=CCC2(O)[C@@H]3N(C)CC34Cc3ccc(OC)c5c3[C@@]2(C4)C1O5. The summed E-state index contributed by atoms with van der Waals surface area (Å²) in [6.07, 6.45) is 5.15. The number of nitrogens with two attached hydrogens (primary N) is 2. The molecule has 2 heterocycles. The molecule has 2 spiro atoms. The van der Waals surface area contributed by atoms with Gasteiger partial charge in [0, 0.05) is 69.5 Å². The van der Waals surface area contributed by atoms with Crippen molar-refractivity contribution >= 4 is 29.8 Å². The summed E-state index contributed by atoms with van der Waals surface area (Å²) in [5.41, 5.74) is 10.8. The Kier molecular flexibility index (Phi) is 11.3. The molecule has 3 aliphatic carbocycles.